The van der Waals surface area contributed by atoms with E-state index in [-0.39, 0.29) is 18.6 Å². The quantitative estimate of drug-likeness (QED) is 0.769. The molecule has 1 amide bonds. The summed E-state index contributed by atoms with van der Waals surface area (Å²) in [7, 11) is 0. The van der Waals surface area contributed by atoms with Crippen LogP contribution in [-0.2, 0) is 6.54 Å². The molecule has 6 heteroatoms. The number of amides is 1. The molecule has 6 nitrogen and oxygen atoms in total. The number of rotatable bonds is 4. The lowest BCUT2D eigenvalue weighted by Crippen LogP contribution is -2.40. The van der Waals surface area contributed by atoms with Gasteiger partial charge in [-0.2, -0.15) is 0 Å². The first-order valence-corrected chi connectivity index (χ1v) is 6.31. The van der Waals surface area contributed by atoms with Gasteiger partial charge in [-0.1, -0.05) is 6.92 Å². The Bertz CT molecular complexity index is 418. The van der Waals surface area contributed by atoms with Gasteiger partial charge in [-0.15, -0.1) is 0 Å². The van der Waals surface area contributed by atoms with Crippen LogP contribution in [0.1, 0.15) is 23.8 Å². The van der Waals surface area contributed by atoms with Gasteiger partial charge >= 0.3 is 0 Å². The van der Waals surface area contributed by atoms with Gasteiger partial charge in [0, 0.05) is 25.8 Å². The molecule has 2 atom stereocenters. The molecule has 18 heavy (non-hydrogen) atoms. The van der Waals surface area contributed by atoms with E-state index in [1.54, 1.807) is 22.0 Å². The zero-order valence-electron chi connectivity index (χ0n) is 10.6. The molecule has 2 unspecified atom stereocenters. The number of nitrogens with zero attached hydrogens (tertiary/aromatic N) is 3. The Morgan fingerprint density at radius 3 is 3.11 bits per heavy atom. The first kappa shape index (κ1) is 13.0. The Labute approximate surface area is 106 Å². The van der Waals surface area contributed by atoms with Crippen molar-refractivity contribution in [3.63, 3.8) is 0 Å². The Morgan fingerprint density at radius 2 is 2.44 bits per heavy atom. The van der Waals surface area contributed by atoms with Gasteiger partial charge in [0.1, 0.15) is 5.69 Å². The third kappa shape index (κ3) is 2.39. The second-order valence-corrected chi connectivity index (χ2v) is 4.80. The number of aliphatic hydroxyl groups excluding tert-OH is 1. The minimum Gasteiger partial charge on any atom is -0.394 e. The van der Waals surface area contributed by atoms with Crippen LogP contribution in [0.4, 0.5) is 0 Å². The predicted molar refractivity (Wildman–Crippen MR) is 67.0 cm³/mol. The van der Waals surface area contributed by atoms with E-state index in [9.17, 15) is 9.90 Å². The van der Waals surface area contributed by atoms with Crippen LogP contribution in [0.5, 0.6) is 0 Å². The fraction of sp³-hybridized carbons (Fsp3) is 0.667. The van der Waals surface area contributed by atoms with E-state index in [0.717, 1.165) is 6.42 Å². The summed E-state index contributed by atoms with van der Waals surface area (Å²) in [5, 5.41) is 9.36. The van der Waals surface area contributed by atoms with E-state index in [1.807, 2.05) is 0 Å². The number of imidazole rings is 1. The van der Waals surface area contributed by atoms with E-state index in [0.29, 0.717) is 31.2 Å². The summed E-state index contributed by atoms with van der Waals surface area (Å²) >= 11 is 0. The number of aromatic nitrogens is 2. The maximum Gasteiger partial charge on any atom is 0.274 e. The van der Waals surface area contributed by atoms with Gasteiger partial charge in [-0.3, -0.25) is 4.79 Å². The molecule has 1 saturated heterocycles. The molecule has 0 saturated carbocycles. The summed E-state index contributed by atoms with van der Waals surface area (Å²) in [5.74, 6) is 0.235. The normalized spacial score (nSPS) is 23.6. The summed E-state index contributed by atoms with van der Waals surface area (Å²) < 4.78 is 1.81. The molecule has 100 valence electrons. The molecule has 0 spiro atoms. The van der Waals surface area contributed by atoms with Gasteiger partial charge in [0.05, 0.1) is 19.0 Å². The maximum atomic E-state index is 12.3. The average Bonchev–Trinajstić information content (AvgIpc) is 2.95. The lowest BCUT2D eigenvalue weighted by molar-refractivity contribution is 0.0643. The zero-order valence-corrected chi connectivity index (χ0v) is 10.6. The minimum absolute atomic E-state index is 0.0103. The minimum atomic E-state index is -0.103. The highest BCUT2D eigenvalue weighted by atomic mass is 16.3. The number of carbonyl (C=O) groups excluding carboxylic acids is 1. The van der Waals surface area contributed by atoms with Gasteiger partial charge in [0.2, 0.25) is 0 Å². The number of nitrogens with two attached hydrogens (primary N) is 1. The maximum absolute atomic E-state index is 12.3. The molecule has 0 aliphatic carbocycles. The van der Waals surface area contributed by atoms with Crippen LogP contribution in [0.25, 0.3) is 0 Å². The summed E-state index contributed by atoms with van der Waals surface area (Å²) in [6.07, 6.45) is 4.26. The first-order valence-electron chi connectivity index (χ1n) is 6.31. The number of aliphatic hydroxyl groups is 1. The molecule has 2 rings (SSSR count). The molecule has 1 fully saturated rings. The summed E-state index contributed by atoms with van der Waals surface area (Å²) in [5.41, 5.74) is 5.88. The van der Waals surface area contributed by atoms with Gasteiger partial charge in [-0.05, 0) is 12.3 Å². The molecule has 1 aliphatic rings. The van der Waals surface area contributed by atoms with Crippen molar-refractivity contribution in [2.45, 2.75) is 25.9 Å². The number of hydrogen-bond acceptors (Lipinski definition) is 4. The largest absolute Gasteiger partial charge is 0.394 e. The topological polar surface area (TPSA) is 84.4 Å². The van der Waals surface area contributed by atoms with Crippen LogP contribution < -0.4 is 5.73 Å². The lowest BCUT2D eigenvalue weighted by atomic mass is 10.0. The number of hydrogen-bond donors (Lipinski definition) is 2. The number of likely N-dealkylation sites (tertiary alicyclic amines) is 1. The molecule has 0 aromatic carbocycles. The second kappa shape index (κ2) is 5.49. The van der Waals surface area contributed by atoms with Crippen molar-refractivity contribution in [2.24, 2.45) is 11.7 Å². The van der Waals surface area contributed by atoms with E-state index < -0.39 is 0 Å². The molecule has 0 bridgehead atoms. The van der Waals surface area contributed by atoms with Crippen molar-refractivity contribution in [1.82, 2.24) is 14.5 Å². The highest BCUT2D eigenvalue weighted by Gasteiger charge is 2.34. The molecule has 3 N–H and O–H groups in total. The molecule has 1 aliphatic heterocycles. The Hall–Kier alpha value is -1.40. The molecular formula is C12H20N4O2. The van der Waals surface area contributed by atoms with Crippen molar-refractivity contribution < 1.29 is 9.90 Å². The van der Waals surface area contributed by atoms with Crippen molar-refractivity contribution >= 4 is 5.91 Å². The van der Waals surface area contributed by atoms with Crippen molar-refractivity contribution in [2.75, 3.05) is 19.7 Å². The van der Waals surface area contributed by atoms with Gasteiger partial charge < -0.3 is 20.3 Å². The molecule has 1 aromatic rings. The third-order valence-electron chi connectivity index (χ3n) is 3.57. The first-order chi connectivity index (χ1) is 8.67. The predicted octanol–water partition coefficient (Wildman–Crippen LogP) is -0.315. The van der Waals surface area contributed by atoms with Crippen LogP contribution in [0.15, 0.2) is 12.5 Å². The molecule has 0 radical (unpaired) electrons. The standard InChI is InChI=1S/C12H20N4O2/c1-9-2-4-16(11(9)7-17)12(18)10-6-15(5-3-13)8-14-10/h6,8-9,11,17H,2-5,7,13H2,1H3. The van der Waals surface area contributed by atoms with Gasteiger partial charge in [-0.25, -0.2) is 4.98 Å². The van der Waals surface area contributed by atoms with Crippen LogP contribution in [0.2, 0.25) is 0 Å². The van der Waals surface area contributed by atoms with E-state index in [4.69, 9.17) is 5.73 Å². The Morgan fingerprint density at radius 1 is 1.67 bits per heavy atom. The Balaban J connectivity index is 2.10. The highest BCUT2D eigenvalue weighted by Crippen LogP contribution is 2.24. The summed E-state index contributed by atoms with van der Waals surface area (Å²) in [6.45, 7) is 3.93. The molecule has 1 aromatic heterocycles. The van der Waals surface area contributed by atoms with E-state index in [1.165, 1.54) is 0 Å². The van der Waals surface area contributed by atoms with Crippen LogP contribution in [0, 0.1) is 5.92 Å². The lowest BCUT2D eigenvalue weighted by Gasteiger charge is -2.24. The van der Waals surface area contributed by atoms with Gasteiger partial charge in [0.15, 0.2) is 0 Å². The third-order valence-corrected chi connectivity index (χ3v) is 3.57. The van der Waals surface area contributed by atoms with E-state index >= 15 is 0 Å². The number of carbonyl (C=O) groups is 1. The fourth-order valence-corrected chi connectivity index (χ4v) is 2.43. The smallest absolute Gasteiger partial charge is 0.274 e. The Kier molecular flexibility index (Phi) is 3.98. The monoisotopic (exact) mass is 252 g/mol. The second-order valence-electron chi connectivity index (χ2n) is 4.80. The average molecular weight is 252 g/mol. The fourth-order valence-electron chi connectivity index (χ4n) is 2.43. The van der Waals surface area contributed by atoms with Crippen LogP contribution >= 0.6 is 0 Å². The van der Waals surface area contributed by atoms with Crippen molar-refractivity contribution in [1.29, 1.82) is 0 Å². The summed E-state index contributed by atoms with van der Waals surface area (Å²) in [6, 6.07) is -0.0860. The van der Waals surface area contributed by atoms with Crippen LogP contribution in [-0.4, -0.2) is 51.2 Å². The molecular weight excluding hydrogens is 232 g/mol. The molecule has 2 heterocycles. The van der Waals surface area contributed by atoms with Gasteiger partial charge in [0.25, 0.3) is 5.91 Å². The van der Waals surface area contributed by atoms with E-state index in [2.05, 4.69) is 11.9 Å². The summed E-state index contributed by atoms with van der Waals surface area (Å²) in [4.78, 5) is 18.1. The van der Waals surface area contributed by atoms with Crippen molar-refractivity contribution in [3.05, 3.63) is 18.2 Å². The SMILES string of the molecule is CC1CCN(C(=O)c2cn(CCN)cn2)C1CO. The van der Waals surface area contributed by atoms with Crippen molar-refractivity contribution in [3.8, 4) is 0 Å². The highest BCUT2D eigenvalue weighted by molar-refractivity contribution is 5.92. The van der Waals surface area contributed by atoms with Crippen LogP contribution in [0.3, 0.4) is 0 Å². The zero-order chi connectivity index (χ0) is 13.1.